The number of nitrogens with one attached hydrogen (secondary N) is 2. The van der Waals surface area contributed by atoms with Crippen LogP contribution in [-0.2, 0) is 6.42 Å². The molecule has 0 spiro atoms. The Morgan fingerprint density at radius 3 is 3.08 bits per heavy atom. The third-order valence-corrected chi connectivity index (χ3v) is 2.69. The number of aromatic amines is 1. The lowest BCUT2D eigenvalue weighted by Gasteiger charge is -1.98. The van der Waals surface area contributed by atoms with Crippen molar-refractivity contribution in [2.75, 3.05) is 6.54 Å². The molecule has 0 radical (unpaired) electrons. The summed E-state index contributed by atoms with van der Waals surface area (Å²) in [5.41, 5.74) is 1.05. The molecule has 1 fully saturated rings. The summed E-state index contributed by atoms with van der Waals surface area (Å²) in [6, 6.07) is 0.760. The highest BCUT2D eigenvalue weighted by molar-refractivity contribution is 7.07. The van der Waals surface area contributed by atoms with E-state index < -0.39 is 0 Å². The van der Waals surface area contributed by atoms with Crippen LogP contribution in [0.4, 0.5) is 0 Å². The van der Waals surface area contributed by atoms with Gasteiger partial charge in [0.05, 0.1) is 0 Å². The summed E-state index contributed by atoms with van der Waals surface area (Å²) in [5, 5.41) is 5.30. The van der Waals surface area contributed by atoms with Crippen molar-refractivity contribution in [2.24, 2.45) is 0 Å². The highest BCUT2D eigenvalue weighted by Crippen LogP contribution is 2.18. The summed E-state index contributed by atoms with van der Waals surface area (Å²) in [5.74, 6) is 0. The minimum absolute atomic E-state index is 0.0522. The minimum atomic E-state index is 0.0522. The van der Waals surface area contributed by atoms with Gasteiger partial charge in [-0.15, -0.1) is 0 Å². The van der Waals surface area contributed by atoms with Crippen LogP contribution < -0.4 is 10.2 Å². The van der Waals surface area contributed by atoms with Crippen molar-refractivity contribution in [1.82, 2.24) is 10.3 Å². The van der Waals surface area contributed by atoms with E-state index in [1.165, 1.54) is 24.2 Å². The molecule has 1 aromatic heterocycles. The lowest BCUT2D eigenvalue weighted by Crippen LogP contribution is -2.19. The molecule has 2 rings (SSSR count). The molecule has 4 heteroatoms. The Morgan fingerprint density at radius 2 is 2.50 bits per heavy atom. The highest BCUT2D eigenvalue weighted by atomic mass is 32.1. The Labute approximate surface area is 74.8 Å². The molecule has 12 heavy (non-hydrogen) atoms. The standard InChI is InChI=1S/C8H12N2OS/c11-8-10-7(5-12-8)3-4-9-6-1-2-6/h5-6,9H,1-4H2,(H,10,11). The topological polar surface area (TPSA) is 44.9 Å². The van der Waals surface area contributed by atoms with Crippen LogP contribution >= 0.6 is 11.3 Å². The van der Waals surface area contributed by atoms with Crippen molar-refractivity contribution in [3.63, 3.8) is 0 Å². The summed E-state index contributed by atoms with van der Waals surface area (Å²) < 4.78 is 0. The van der Waals surface area contributed by atoms with Crippen molar-refractivity contribution in [1.29, 1.82) is 0 Å². The Bertz CT molecular complexity index is 300. The monoisotopic (exact) mass is 184 g/mol. The van der Waals surface area contributed by atoms with Crippen molar-refractivity contribution in [2.45, 2.75) is 25.3 Å². The zero-order valence-electron chi connectivity index (χ0n) is 6.80. The SMILES string of the molecule is O=c1[nH]c(CCNC2CC2)cs1. The first-order valence-corrected chi connectivity index (χ1v) is 5.12. The molecule has 0 unspecified atom stereocenters. The Kier molecular flexibility index (Phi) is 2.28. The van der Waals surface area contributed by atoms with E-state index in [1.807, 2.05) is 5.38 Å². The summed E-state index contributed by atoms with van der Waals surface area (Å²) in [6.45, 7) is 0.983. The Morgan fingerprint density at radius 1 is 1.67 bits per heavy atom. The molecule has 66 valence electrons. The van der Waals surface area contributed by atoms with Gasteiger partial charge >= 0.3 is 4.87 Å². The van der Waals surface area contributed by atoms with Gasteiger partial charge in [-0.2, -0.15) is 0 Å². The smallest absolute Gasteiger partial charge is 0.304 e. The predicted octanol–water partition coefficient (Wildman–Crippen LogP) is 0.731. The van der Waals surface area contributed by atoms with E-state index in [2.05, 4.69) is 10.3 Å². The molecule has 1 aromatic rings. The molecule has 1 saturated carbocycles. The summed E-state index contributed by atoms with van der Waals surface area (Å²) in [4.78, 5) is 13.6. The second-order valence-electron chi connectivity index (χ2n) is 3.15. The number of aromatic nitrogens is 1. The van der Waals surface area contributed by atoms with Gasteiger partial charge in [-0.05, 0) is 12.8 Å². The van der Waals surface area contributed by atoms with Crippen molar-refractivity contribution < 1.29 is 0 Å². The lowest BCUT2D eigenvalue weighted by molar-refractivity contribution is 0.676. The predicted molar refractivity (Wildman–Crippen MR) is 49.7 cm³/mol. The molecule has 2 N–H and O–H groups in total. The van der Waals surface area contributed by atoms with Gasteiger partial charge in [0.1, 0.15) is 0 Å². The van der Waals surface area contributed by atoms with E-state index in [-0.39, 0.29) is 4.87 Å². The van der Waals surface area contributed by atoms with Crippen LogP contribution in [0.15, 0.2) is 10.2 Å². The van der Waals surface area contributed by atoms with Gasteiger partial charge < -0.3 is 10.3 Å². The third-order valence-electron chi connectivity index (χ3n) is 1.98. The molecule has 1 aliphatic rings. The number of hydrogen-bond donors (Lipinski definition) is 2. The Hall–Kier alpha value is -0.610. The number of rotatable bonds is 4. The van der Waals surface area contributed by atoms with E-state index in [1.54, 1.807) is 0 Å². The van der Waals surface area contributed by atoms with Crippen LogP contribution in [-0.4, -0.2) is 17.6 Å². The van der Waals surface area contributed by atoms with Gasteiger partial charge in [0.25, 0.3) is 0 Å². The maximum absolute atomic E-state index is 10.7. The van der Waals surface area contributed by atoms with Gasteiger partial charge in [0.2, 0.25) is 0 Å². The molecule has 1 heterocycles. The third kappa shape index (κ3) is 2.19. The van der Waals surface area contributed by atoms with E-state index in [4.69, 9.17) is 0 Å². The fourth-order valence-electron chi connectivity index (χ4n) is 1.13. The zero-order chi connectivity index (χ0) is 8.39. The van der Waals surface area contributed by atoms with E-state index >= 15 is 0 Å². The zero-order valence-corrected chi connectivity index (χ0v) is 7.62. The van der Waals surface area contributed by atoms with Gasteiger partial charge in [-0.3, -0.25) is 4.79 Å². The van der Waals surface area contributed by atoms with Crippen molar-refractivity contribution in [3.05, 3.63) is 20.7 Å². The molecule has 0 atom stereocenters. The first-order valence-electron chi connectivity index (χ1n) is 4.24. The van der Waals surface area contributed by atoms with Crippen LogP contribution in [0.25, 0.3) is 0 Å². The number of H-pyrrole nitrogens is 1. The van der Waals surface area contributed by atoms with E-state index in [0.29, 0.717) is 0 Å². The molecule has 0 aliphatic heterocycles. The van der Waals surface area contributed by atoms with Crippen LogP contribution in [0.3, 0.4) is 0 Å². The highest BCUT2D eigenvalue weighted by Gasteiger charge is 2.19. The summed E-state index contributed by atoms with van der Waals surface area (Å²) in [7, 11) is 0. The molecule has 0 amide bonds. The van der Waals surface area contributed by atoms with E-state index in [0.717, 1.165) is 24.7 Å². The molecule has 0 bridgehead atoms. The Balaban J connectivity index is 1.75. The average molecular weight is 184 g/mol. The fraction of sp³-hybridized carbons (Fsp3) is 0.625. The summed E-state index contributed by atoms with van der Waals surface area (Å²) >= 11 is 1.24. The minimum Gasteiger partial charge on any atom is -0.317 e. The molecular weight excluding hydrogens is 172 g/mol. The second-order valence-corrected chi connectivity index (χ2v) is 3.99. The van der Waals surface area contributed by atoms with Crippen LogP contribution in [0.1, 0.15) is 18.5 Å². The van der Waals surface area contributed by atoms with Crippen molar-refractivity contribution in [3.8, 4) is 0 Å². The van der Waals surface area contributed by atoms with E-state index in [9.17, 15) is 4.79 Å². The molecule has 3 nitrogen and oxygen atoms in total. The number of thiazole rings is 1. The molecular formula is C8H12N2OS. The maximum atomic E-state index is 10.7. The summed E-state index contributed by atoms with van der Waals surface area (Å²) in [6.07, 6.45) is 3.58. The van der Waals surface area contributed by atoms with Gasteiger partial charge in [-0.25, -0.2) is 0 Å². The number of hydrogen-bond acceptors (Lipinski definition) is 3. The maximum Gasteiger partial charge on any atom is 0.304 e. The van der Waals surface area contributed by atoms with Crippen molar-refractivity contribution >= 4 is 11.3 Å². The van der Waals surface area contributed by atoms with Gasteiger partial charge in [-0.1, -0.05) is 11.3 Å². The van der Waals surface area contributed by atoms with Gasteiger partial charge in [0, 0.05) is 30.1 Å². The van der Waals surface area contributed by atoms with Crippen LogP contribution in [0.5, 0.6) is 0 Å². The van der Waals surface area contributed by atoms with Crippen LogP contribution in [0, 0.1) is 0 Å². The molecule has 1 aliphatic carbocycles. The average Bonchev–Trinajstić information content (AvgIpc) is 2.76. The molecule has 0 saturated heterocycles. The normalized spacial score (nSPS) is 16.7. The fourth-order valence-corrected chi connectivity index (χ4v) is 1.75. The first kappa shape index (κ1) is 8.01. The second kappa shape index (κ2) is 3.41. The largest absolute Gasteiger partial charge is 0.317 e. The quantitative estimate of drug-likeness (QED) is 0.724. The lowest BCUT2D eigenvalue weighted by atomic mass is 10.3. The van der Waals surface area contributed by atoms with Crippen LogP contribution in [0.2, 0.25) is 0 Å². The van der Waals surface area contributed by atoms with Gasteiger partial charge in [0.15, 0.2) is 0 Å². The first-order chi connectivity index (χ1) is 5.84. The molecule has 0 aromatic carbocycles.